The van der Waals surface area contributed by atoms with Gasteiger partial charge >= 0.3 is 0 Å². The number of piperidine rings is 1. The van der Waals surface area contributed by atoms with Crippen LogP contribution in [0.15, 0.2) is 0 Å². The molecule has 2 unspecified atom stereocenters. The zero-order valence-electron chi connectivity index (χ0n) is 12.2. The van der Waals surface area contributed by atoms with Gasteiger partial charge in [0.05, 0.1) is 0 Å². The summed E-state index contributed by atoms with van der Waals surface area (Å²) < 4.78 is 0. The van der Waals surface area contributed by atoms with Crippen molar-refractivity contribution in [2.75, 3.05) is 13.1 Å². The van der Waals surface area contributed by atoms with Crippen LogP contribution in [0.5, 0.6) is 0 Å². The van der Waals surface area contributed by atoms with Crippen molar-refractivity contribution < 1.29 is 4.79 Å². The van der Waals surface area contributed by atoms with Crippen LogP contribution < -0.4 is 0 Å². The van der Waals surface area contributed by atoms with Crippen LogP contribution in [0.3, 0.4) is 0 Å². The van der Waals surface area contributed by atoms with E-state index in [9.17, 15) is 4.79 Å². The Bertz CT molecular complexity index is 268. The van der Waals surface area contributed by atoms with Gasteiger partial charge in [-0.1, -0.05) is 32.6 Å². The predicted molar refractivity (Wildman–Crippen MR) is 75.6 cm³/mol. The Morgan fingerprint density at radius 1 is 1.11 bits per heavy atom. The summed E-state index contributed by atoms with van der Waals surface area (Å²) in [5.74, 6) is 0.802. The number of rotatable bonds is 3. The van der Waals surface area contributed by atoms with E-state index >= 15 is 0 Å². The summed E-state index contributed by atoms with van der Waals surface area (Å²) in [6.45, 7) is 6.89. The van der Waals surface area contributed by atoms with Crippen molar-refractivity contribution in [3.8, 4) is 0 Å². The zero-order chi connectivity index (χ0) is 13.0. The third-order valence-corrected chi connectivity index (χ3v) is 5.11. The second-order valence-electron chi connectivity index (χ2n) is 6.86. The fourth-order valence-corrected chi connectivity index (χ4v) is 3.75. The molecule has 1 saturated carbocycles. The standard InChI is InChI=1S/C16H29NO/c1-14-7-8-15(2)17(11-14)12-16(13-18)9-5-3-4-6-10-16/h13-15H,3-12H2,1-2H3. The van der Waals surface area contributed by atoms with E-state index < -0.39 is 0 Å². The summed E-state index contributed by atoms with van der Waals surface area (Å²) in [6.07, 6.45) is 11.3. The molecule has 0 aromatic heterocycles. The molecule has 1 aliphatic carbocycles. The Hall–Kier alpha value is -0.370. The number of carbonyl (C=O) groups is 1. The molecule has 0 radical (unpaired) electrons. The lowest BCUT2D eigenvalue weighted by Gasteiger charge is -2.41. The van der Waals surface area contributed by atoms with E-state index in [0.29, 0.717) is 6.04 Å². The second-order valence-corrected chi connectivity index (χ2v) is 6.86. The zero-order valence-corrected chi connectivity index (χ0v) is 12.2. The molecule has 2 heteroatoms. The van der Waals surface area contributed by atoms with Crippen molar-refractivity contribution in [3.05, 3.63) is 0 Å². The molecule has 0 bridgehead atoms. The van der Waals surface area contributed by atoms with Crippen LogP contribution in [-0.2, 0) is 4.79 Å². The van der Waals surface area contributed by atoms with Gasteiger partial charge in [0.15, 0.2) is 0 Å². The fraction of sp³-hybridized carbons (Fsp3) is 0.938. The van der Waals surface area contributed by atoms with Crippen molar-refractivity contribution in [1.82, 2.24) is 4.90 Å². The molecule has 2 rings (SSSR count). The predicted octanol–water partition coefficient (Wildman–Crippen LogP) is 3.65. The Morgan fingerprint density at radius 2 is 1.78 bits per heavy atom. The van der Waals surface area contributed by atoms with Gasteiger partial charge in [-0.2, -0.15) is 0 Å². The molecular weight excluding hydrogens is 222 g/mol. The van der Waals surface area contributed by atoms with E-state index in [2.05, 4.69) is 18.7 Å². The van der Waals surface area contributed by atoms with E-state index in [4.69, 9.17) is 0 Å². The number of carbonyl (C=O) groups excluding carboxylic acids is 1. The molecule has 2 nitrogen and oxygen atoms in total. The average molecular weight is 251 g/mol. The topological polar surface area (TPSA) is 20.3 Å². The van der Waals surface area contributed by atoms with E-state index in [0.717, 1.165) is 25.3 Å². The van der Waals surface area contributed by atoms with Crippen LogP contribution >= 0.6 is 0 Å². The monoisotopic (exact) mass is 251 g/mol. The van der Waals surface area contributed by atoms with Gasteiger partial charge in [0.2, 0.25) is 0 Å². The molecular formula is C16H29NO. The smallest absolute Gasteiger partial charge is 0.127 e. The normalized spacial score (nSPS) is 33.9. The molecule has 0 N–H and O–H groups in total. The summed E-state index contributed by atoms with van der Waals surface area (Å²) >= 11 is 0. The molecule has 2 aliphatic rings. The van der Waals surface area contributed by atoms with E-state index in [1.807, 2.05) is 0 Å². The molecule has 1 heterocycles. The summed E-state index contributed by atoms with van der Waals surface area (Å²) in [7, 11) is 0. The number of hydrogen-bond acceptors (Lipinski definition) is 2. The SMILES string of the molecule is CC1CCC(C)N(CC2(C=O)CCCCCC2)C1. The minimum Gasteiger partial charge on any atom is -0.303 e. The maximum Gasteiger partial charge on any atom is 0.127 e. The van der Waals surface area contributed by atoms with Gasteiger partial charge in [-0.15, -0.1) is 0 Å². The molecule has 0 spiro atoms. The molecule has 1 aliphatic heterocycles. The summed E-state index contributed by atoms with van der Waals surface area (Å²) in [5, 5.41) is 0. The lowest BCUT2D eigenvalue weighted by Crippen LogP contribution is -2.47. The lowest BCUT2D eigenvalue weighted by atomic mass is 9.80. The number of hydrogen-bond donors (Lipinski definition) is 0. The van der Waals surface area contributed by atoms with Crippen molar-refractivity contribution >= 4 is 6.29 Å². The lowest BCUT2D eigenvalue weighted by molar-refractivity contribution is -0.118. The Labute approximate surface area is 112 Å². The minimum absolute atomic E-state index is 0.0260. The van der Waals surface area contributed by atoms with Crippen molar-refractivity contribution in [2.45, 2.75) is 71.3 Å². The molecule has 1 saturated heterocycles. The highest BCUT2D eigenvalue weighted by atomic mass is 16.1. The summed E-state index contributed by atoms with van der Waals surface area (Å²) in [6, 6.07) is 0.668. The second kappa shape index (κ2) is 6.18. The average Bonchev–Trinajstić information content (AvgIpc) is 2.60. The Morgan fingerprint density at radius 3 is 2.39 bits per heavy atom. The van der Waals surface area contributed by atoms with Gasteiger partial charge < -0.3 is 4.79 Å². The minimum atomic E-state index is -0.0260. The quantitative estimate of drug-likeness (QED) is 0.564. The van der Waals surface area contributed by atoms with Crippen LogP contribution in [0.1, 0.15) is 65.2 Å². The van der Waals surface area contributed by atoms with Crippen molar-refractivity contribution in [1.29, 1.82) is 0 Å². The van der Waals surface area contributed by atoms with Crippen LogP contribution in [0.25, 0.3) is 0 Å². The van der Waals surface area contributed by atoms with Crippen LogP contribution in [0.2, 0.25) is 0 Å². The molecule has 2 fully saturated rings. The maximum atomic E-state index is 11.7. The first kappa shape index (κ1) is 14.0. The largest absolute Gasteiger partial charge is 0.303 e. The van der Waals surface area contributed by atoms with Crippen molar-refractivity contribution in [3.63, 3.8) is 0 Å². The van der Waals surface area contributed by atoms with E-state index in [1.54, 1.807) is 0 Å². The molecule has 0 aromatic carbocycles. The third-order valence-electron chi connectivity index (χ3n) is 5.11. The molecule has 0 aromatic rings. The summed E-state index contributed by atoms with van der Waals surface area (Å²) in [4.78, 5) is 14.3. The van der Waals surface area contributed by atoms with E-state index in [1.165, 1.54) is 51.4 Å². The van der Waals surface area contributed by atoms with Gasteiger partial charge in [-0.3, -0.25) is 4.90 Å². The first-order valence-corrected chi connectivity index (χ1v) is 7.86. The number of nitrogens with zero attached hydrogens (tertiary/aromatic N) is 1. The molecule has 0 amide bonds. The third kappa shape index (κ3) is 3.34. The van der Waals surface area contributed by atoms with Crippen LogP contribution in [0.4, 0.5) is 0 Å². The van der Waals surface area contributed by atoms with Gasteiger partial charge in [0.1, 0.15) is 6.29 Å². The van der Waals surface area contributed by atoms with Crippen LogP contribution in [-0.4, -0.2) is 30.3 Å². The van der Waals surface area contributed by atoms with E-state index in [-0.39, 0.29) is 5.41 Å². The molecule has 104 valence electrons. The van der Waals surface area contributed by atoms with Crippen molar-refractivity contribution in [2.24, 2.45) is 11.3 Å². The highest BCUT2D eigenvalue weighted by molar-refractivity contribution is 5.59. The first-order chi connectivity index (χ1) is 8.65. The number of likely N-dealkylation sites (tertiary alicyclic amines) is 1. The van der Waals surface area contributed by atoms with Gasteiger partial charge in [0.25, 0.3) is 0 Å². The Kier molecular flexibility index (Phi) is 4.83. The molecule has 2 atom stereocenters. The number of aldehydes is 1. The van der Waals surface area contributed by atoms with Gasteiger partial charge in [0, 0.05) is 24.5 Å². The fourth-order valence-electron chi connectivity index (χ4n) is 3.75. The van der Waals surface area contributed by atoms with Crippen LogP contribution in [0, 0.1) is 11.3 Å². The maximum absolute atomic E-state index is 11.7. The van der Waals surface area contributed by atoms with Gasteiger partial charge in [-0.25, -0.2) is 0 Å². The van der Waals surface area contributed by atoms with Gasteiger partial charge in [-0.05, 0) is 38.5 Å². The highest BCUT2D eigenvalue weighted by Gasteiger charge is 2.35. The molecule has 18 heavy (non-hydrogen) atoms. The first-order valence-electron chi connectivity index (χ1n) is 7.86. The Balaban J connectivity index is 2.01. The highest BCUT2D eigenvalue weighted by Crippen LogP contribution is 2.36. The summed E-state index contributed by atoms with van der Waals surface area (Å²) in [5.41, 5.74) is -0.0260.